The number of benzene rings is 2. The van der Waals surface area contributed by atoms with Crippen molar-refractivity contribution in [1.82, 2.24) is 9.69 Å². The summed E-state index contributed by atoms with van der Waals surface area (Å²) in [6.45, 7) is 2.03. The molecule has 1 fully saturated rings. The monoisotopic (exact) mass is 525 g/mol. The van der Waals surface area contributed by atoms with Gasteiger partial charge in [0, 0.05) is 16.8 Å². The number of nitrogens with one attached hydrogen (secondary N) is 1. The molecule has 0 aliphatic heterocycles. The molecule has 1 aliphatic carbocycles. The third kappa shape index (κ3) is 5.37. The van der Waals surface area contributed by atoms with E-state index in [0.29, 0.717) is 16.3 Å². The van der Waals surface area contributed by atoms with Crippen molar-refractivity contribution in [1.29, 1.82) is 0 Å². The fraction of sp³-hybridized carbons (Fsp3) is 0.308. The Labute approximate surface area is 218 Å². The number of halogens is 1. The minimum absolute atomic E-state index is 0.0380. The van der Waals surface area contributed by atoms with E-state index in [4.69, 9.17) is 23.1 Å². The van der Waals surface area contributed by atoms with Crippen molar-refractivity contribution in [3.8, 4) is 0 Å². The van der Waals surface area contributed by atoms with Gasteiger partial charge in [-0.15, -0.1) is 0 Å². The maximum atomic E-state index is 14.0. The second-order valence-electron chi connectivity index (χ2n) is 8.78. The van der Waals surface area contributed by atoms with E-state index in [0.717, 1.165) is 49.2 Å². The predicted octanol–water partition coefficient (Wildman–Crippen LogP) is 4.49. The number of anilines is 2. The molecule has 8 nitrogen and oxygen atoms in total. The molecule has 1 heterocycles. The normalized spacial score (nSPS) is 14.4. The molecule has 36 heavy (non-hydrogen) atoms. The van der Waals surface area contributed by atoms with Gasteiger partial charge in [0.05, 0.1) is 5.69 Å². The first kappa shape index (κ1) is 25.7. The molecular weight excluding hydrogens is 498 g/mol. The number of nitrogens with zero attached hydrogens (tertiary/aromatic N) is 2. The van der Waals surface area contributed by atoms with E-state index < -0.39 is 17.9 Å². The van der Waals surface area contributed by atoms with Crippen LogP contribution in [0.15, 0.2) is 48.5 Å². The van der Waals surface area contributed by atoms with Crippen LogP contribution in [0.25, 0.3) is 0 Å². The SMILES string of the molecule is CCc1ccc(N(C(=O)c2snc(C(N)=O)c2N)C(C(=O)NC2CCCC2)c2ccc(Cl)cc2)cc1. The van der Waals surface area contributed by atoms with Crippen molar-refractivity contribution in [3.63, 3.8) is 0 Å². The lowest BCUT2D eigenvalue weighted by molar-refractivity contribution is -0.123. The van der Waals surface area contributed by atoms with E-state index in [1.165, 1.54) is 4.90 Å². The predicted molar refractivity (Wildman–Crippen MR) is 142 cm³/mol. The highest BCUT2D eigenvalue weighted by Crippen LogP contribution is 2.34. The van der Waals surface area contributed by atoms with Gasteiger partial charge in [0.15, 0.2) is 5.69 Å². The molecule has 4 rings (SSSR count). The smallest absolute Gasteiger partial charge is 0.273 e. The van der Waals surface area contributed by atoms with Gasteiger partial charge in [-0.3, -0.25) is 19.3 Å². The number of hydrogen-bond acceptors (Lipinski definition) is 6. The van der Waals surface area contributed by atoms with Crippen LogP contribution in [0.5, 0.6) is 0 Å². The number of carbonyl (C=O) groups is 3. The van der Waals surface area contributed by atoms with Crippen LogP contribution >= 0.6 is 23.1 Å². The Balaban J connectivity index is 1.84. The van der Waals surface area contributed by atoms with Crippen molar-refractivity contribution in [3.05, 3.63) is 75.3 Å². The zero-order chi connectivity index (χ0) is 25.8. The molecule has 1 unspecified atom stereocenters. The number of aryl methyl sites for hydroxylation is 1. The number of amides is 3. The van der Waals surface area contributed by atoms with Gasteiger partial charge in [-0.25, -0.2) is 0 Å². The van der Waals surface area contributed by atoms with Gasteiger partial charge in [0.2, 0.25) is 5.91 Å². The Morgan fingerprint density at radius 3 is 2.31 bits per heavy atom. The summed E-state index contributed by atoms with van der Waals surface area (Å²) >= 11 is 6.91. The summed E-state index contributed by atoms with van der Waals surface area (Å²) in [4.78, 5) is 41.0. The van der Waals surface area contributed by atoms with E-state index in [9.17, 15) is 14.4 Å². The largest absolute Gasteiger partial charge is 0.395 e. The molecule has 1 atom stereocenters. The van der Waals surface area contributed by atoms with Gasteiger partial charge in [0.1, 0.15) is 10.9 Å². The summed E-state index contributed by atoms with van der Waals surface area (Å²) < 4.78 is 3.99. The fourth-order valence-corrected chi connectivity index (χ4v) is 5.30. The topological polar surface area (TPSA) is 131 Å². The highest BCUT2D eigenvalue weighted by atomic mass is 35.5. The summed E-state index contributed by atoms with van der Waals surface area (Å²) in [6.07, 6.45) is 4.70. The van der Waals surface area contributed by atoms with E-state index in [1.54, 1.807) is 36.4 Å². The first-order valence-corrected chi connectivity index (χ1v) is 13.0. The highest BCUT2D eigenvalue weighted by Gasteiger charge is 2.37. The third-order valence-corrected chi connectivity index (χ3v) is 7.49. The second kappa shape index (κ2) is 11.1. The van der Waals surface area contributed by atoms with Gasteiger partial charge >= 0.3 is 0 Å². The Kier molecular flexibility index (Phi) is 7.91. The number of primary amides is 1. The molecule has 1 saturated carbocycles. The van der Waals surface area contributed by atoms with E-state index in [2.05, 4.69) is 9.69 Å². The molecule has 3 aromatic rings. The highest BCUT2D eigenvalue weighted by molar-refractivity contribution is 7.09. The zero-order valence-corrected chi connectivity index (χ0v) is 21.4. The zero-order valence-electron chi connectivity index (χ0n) is 19.9. The van der Waals surface area contributed by atoms with Crippen molar-refractivity contribution in [2.24, 2.45) is 5.73 Å². The lowest BCUT2D eigenvalue weighted by atomic mass is 10.0. The second-order valence-corrected chi connectivity index (χ2v) is 9.99. The average molecular weight is 526 g/mol. The van der Waals surface area contributed by atoms with E-state index >= 15 is 0 Å². The number of nitrogens with two attached hydrogens (primary N) is 2. The third-order valence-electron chi connectivity index (χ3n) is 6.39. The van der Waals surface area contributed by atoms with Crippen molar-refractivity contribution < 1.29 is 14.4 Å². The number of carbonyl (C=O) groups excluding carboxylic acids is 3. The van der Waals surface area contributed by atoms with Gasteiger partial charge in [-0.1, -0.05) is 55.6 Å². The van der Waals surface area contributed by atoms with Gasteiger partial charge < -0.3 is 16.8 Å². The van der Waals surface area contributed by atoms with Crippen molar-refractivity contribution in [2.45, 2.75) is 51.1 Å². The van der Waals surface area contributed by atoms with Crippen molar-refractivity contribution >= 4 is 52.2 Å². The van der Waals surface area contributed by atoms with Crippen LogP contribution in [-0.2, 0) is 11.2 Å². The average Bonchev–Trinajstić information content (AvgIpc) is 3.52. The van der Waals surface area contributed by atoms with E-state index in [-0.39, 0.29) is 28.2 Å². The molecule has 3 amide bonds. The minimum Gasteiger partial charge on any atom is -0.395 e. The molecule has 188 valence electrons. The Morgan fingerprint density at radius 2 is 1.75 bits per heavy atom. The van der Waals surface area contributed by atoms with Gasteiger partial charge in [-0.05, 0) is 66.2 Å². The minimum atomic E-state index is -1.01. The van der Waals surface area contributed by atoms with E-state index in [1.807, 2.05) is 19.1 Å². The van der Waals surface area contributed by atoms with Crippen LogP contribution < -0.4 is 21.7 Å². The molecule has 0 radical (unpaired) electrons. The maximum Gasteiger partial charge on any atom is 0.273 e. The summed E-state index contributed by atoms with van der Waals surface area (Å²) in [5, 5.41) is 3.64. The lowest BCUT2D eigenvalue weighted by Gasteiger charge is -2.32. The van der Waals surface area contributed by atoms with Crippen LogP contribution in [0.3, 0.4) is 0 Å². The molecular formula is C26H28ClN5O3S. The van der Waals surface area contributed by atoms with Crippen LogP contribution in [0, 0.1) is 0 Å². The van der Waals surface area contributed by atoms with Crippen LogP contribution in [0.2, 0.25) is 5.02 Å². The molecule has 2 aromatic carbocycles. The molecule has 1 aromatic heterocycles. The van der Waals surface area contributed by atoms with Gasteiger partial charge in [0.25, 0.3) is 11.8 Å². The quantitative estimate of drug-likeness (QED) is 0.399. The molecule has 0 bridgehead atoms. The van der Waals surface area contributed by atoms with Crippen LogP contribution in [-0.4, -0.2) is 28.1 Å². The Hall–Kier alpha value is -3.43. The summed E-state index contributed by atoms with van der Waals surface area (Å²) in [5.74, 6) is -1.69. The fourth-order valence-electron chi connectivity index (χ4n) is 4.43. The Morgan fingerprint density at radius 1 is 1.11 bits per heavy atom. The lowest BCUT2D eigenvalue weighted by Crippen LogP contribution is -2.46. The molecule has 10 heteroatoms. The summed E-state index contributed by atoms with van der Waals surface area (Å²) in [7, 11) is 0. The molecule has 5 N–H and O–H groups in total. The first-order valence-electron chi connectivity index (χ1n) is 11.8. The van der Waals surface area contributed by atoms with Crippen LogP contribution in [0.1, 0.15) is 69.9 Å². The standard InChI is InChI=1S/C26H28ClN5O3S/c1-2-15-7-13-19(14-8-15)32(26(35)23-20(28)21(24(29)33)31-36-23)22(16-9-11-17(27)12-10-16)25(34)30-18-5-3-4-6-18/h7-14,18,22H,2-6,28H2,1H3,(H2,29,33)(H,30,34). The summed E-state index contributed by atoms with van der Waals surface area (Å²) in [5.41, 5.74) is 13.4. The molecule has 1 aliphatic rings. The number of hydrogen-bond donors (Lipinski definition) is 3. The number of rotatable bonds is 8. The number of nitrogen functional groups attached to an aromatic ring is 1. The maximum absolute atomic E-state index is 14.0. The number of aromatic nitrogens is 1. The molecule has 0 saturated heterocycles. The van der Waals surface area contributed by atoms with Crippen molar-refractivity contribution in [2.75, 3.05) is 10.6 Å². The van der Waals surface area contributed by atoms with Crippen LogP contribution in [0.4, 0.5) is 11.4 Å². The first-order chi connectivity index (χ1) is 17.3. The molecule has 0 spiro atoms. The summed E-state index contributed by atoms with van der Waals surface area (Å²) in [6, 6.07) is 13.3. The van der Waals surface area contributed by atoms with Gasteiger partial charge in [-0.2, -0.15) is 4.37 Å². The Bertz CT molecular complexity index is 1250.